The predicted molar refractivity (Wildman–Crippen MR) is 116 cm³/mol. The average Bonchev–Trinajstić information content (AvgIpc) is 3.26. The normalized spacial score (nSPS) is 10.8. The van der Waals surface area contributed by atoms with Crippen LogP contribution in [-0.4, -0.2) is 44.8 Å². The maximum atomic E-state index is 13.4. The van der Waals surface area contributed by atoms with Crippen LogP contribution in [0, 0.1) is 5.82 Å². The number of hydrogen-bond acceptors (Lipinski definition) is 7. The van der Waals surface area contributed by atoms with Crippen molar-refractivity contribution >= 4 is 0 Å². The Kier molecular flexibility index (Phi) is 6.98. The fourth-order valence-corrected chi connectivity index (χ4v) is 2.99. The van der Waals surface area contributed by atoms with Crippen LogP contribution in [0.4, 0.5) is 4.39 Å². The first-order valence-corrected chi connectivity index (χ1v) is 10.2. The van der Waals surface area contributed by atoms with Gasteiger partial charge in [0.15, 0.2) is 0 Å². The third-order valence-electron chi connectivity index (χ3n) is 4.47. The summed E-state index contributed by atoms with van der Waals surface area (Å²) in [7, 11) is 0. The van der Waals surface area contributed by atoms with E-state index in [9.17, 15) is 4.39 Å². The van der Waals surface area contributed by atoms with Gasteiger partial charge in [0.05, 0.1) is 5.69 Å². The van der Waals surface area contributed by atoms with Crippen molar-refractivity contribution in [3.63, 3.8) is 0 Å². The van der Waals surface area contributed by atoms with E-state index in [1.54, 1.807) is 29.1 Å². The summed E-state index contributed by atoms with van der Waals surface area (Å²) in [6.07, 6.45) is 1.60. The third-order valence-corrected chi connectivity index (χ3v) is 4.47. The summed E-state index contributed by atoms with van der Waals surface area (Å²) in [4.78, 5) is 8.69. The van der Waals surface area contributed by atoms with E-state index in [2.05, 4.69) is 20.3 Å². The monoisotopic (exact) mass is 435 g/mol. The average molecular weight is 435 g/mol. The first-order valence-electron chi connectivity index (χ1n) is 10.2. The molecule has 0 fully saturated rings. The van der Waals surface area contributed by atoms with Crippen molar-refractivity contribution in [2.24, 2.45) is 0 Å². The van der Waals surface area contributed by atoms with E-state index in [1.165, 1.54) is 12.1 Å². The molecule has 32 heavy (non-hydrogen) atoms. The van der Waals surface area contributed by atoms with Gasteiger partial charge in [0.25, 0.3) is 0 Å². The molecule has 8 nitrogen and oxygen atoms in total. The molecule has 4 rings (SSSR count). The minimum absolute atomic E-state index is 0.200. The number of halogens is 1. The number of para-hydroxylation sites is 1. The van der Waals surface area contributed by atoms with Gasteiger partial charge in [0.1, 0.15) is 42.9 Å². The Labute approximate surface area is 184 Å². The SMILES string of the molecule is CCOCn1nnc(-c2ccc(F)cc2)c1-c1ccnc(OCCOc2ccccc2)n1. The van der Waals surface area contributed by atoms with E-state index < -0.39 is 0 Å². The summed E-state index contributed by atoms with van der Waals surface area (Å²) < 4.78 is 31.8. The van der Waals surface area contributed by atoms with E-state index in [1.807, 2.05) is 37.3 Å². The van der Waals surface area contributed by atoms with Gasteiger partial charge in [-0.05, 0) is 49.4 Å². The zero-order valence-electron chi connectivity index (χ0n) is 17.5. The Morgan fingerprint density at radius 2 is 1.72 bits per heavy atom. The second kappa shape index (κ2) is 10.5. The van der Waals surface area contributed by atoms with Crippen LogP contribution in [0.15, 0.2) is 66.9 Å². The summed E-state index contributed by atoms with van der Waals surface area (Å²) in [6, 6.07) is 17.5. The molecule has 0 saturated heterocycles. The number of ether oxygens (including phenoxy) is 3. The van der Waals surface area contributed by atoms with Gasteiger partial charge in [-0.2, -0.15) is 4.98 Å². The second-order valence-corrected chi connectivity index (χ2v) is 6.65. The van der Waals surface area contributed by atoms with Crippen LogP contribution >= 0.6 is 0 Å². The molecule has 0 aliphatic heterocycles. The lowest BCUT2D eigenvalue weighted by atomic mass is 10.1. The molecule has 0 spiro atoms. The fraction of sp³-hybridized carbons (Fsp3) is 0.217. The first-order chi connectivity index (χ1) is 15.7. The smallest absolute Gasteiger partial charge is 0.317 e. The van der Waals surface area contributed by atoms with Crippen LogP contribution in [0.2, 0.25) is 0 Å². The van der Waals surface area contributed by atoms with Crippen molar-refractivity contribution in [1.29, 1.82) is 0 Å². The minimum atomic E-state index is -0.326. The van der Waals surface area contributed by atoms with Gasteiger partial charge in [0.2, 0.25) is 0 Å². The van der Waals surface area contributed by atoms with Crippen molar-refractivity contribution in [2.45, 2.75) is 13.7 Å². The highest BCUT2D eigenvalue weighted by molar-refractivity contribution is 5.76. The summed E-state index contributed by atoms with van der Waals surface area (Å²) in [6.45, 7) is 3.24. The van der Waals surface area contributed by atoms with Crippen LogP contribution in [0.5, 0.6) is 11.8 Å². The number of hydrogen-bond donors (Lipinski definition) is 0. The molecule has 0 saturated carbocycles. The van der Waals surface area contributed by atoms with Crippen molar-refractivity contribution in [3.8, 4) is 34.4 Å². The van der Waals surface area contributed by atoms with E-state index in [0.717, 1.165) is 5.75 Å². The quantitative estimate of drug-likeness (QED) is 0.348. The minimum Gasteiger partial charge on any atom is -0.490 e. The van der Waals surface area contributed by atoms with Gasteiger partial charge >= 0.3 is 6.01 Å². The lowest BCUT2D eigenvalue weighted by Crippen LogP contribution is -2.11. The van der Waals surface area contributed by atoms with E-state index >= 15 is 0 Å². The molecule has 0 unspecified atom stereocenters. The van der Waals surface area contributed by atoms with Crippen LogP contribution in [0.1, 0.15) is 6.92 Å². The van der Waals surface area contributed by atoms with E-state index in [0.29, 0.717) is 35.9 Å². The summed E-state index contributed by atoms with van der Waals surface area (Å²) in [5, 5.41) is 8.47. The molecule has 2 aromatic heterocycles. The molecule has 0 aliphatic carbocycles. The van der Waals surface area contributed by atoms with Crippen LogP contribution in [-0.2, 0) is 11.5 Å². The van der Waals surface area contributed by atoms with E-state index in [-0.39, 0.29) is 25.2 Å². The molecule has 0 bridgehead atoms. The van der Waals surface area contributed by atoms with Gasteiger partial charge in [-0.3, -0.25) is 0 Å². The molecule has 0 amide bonds. The standard InChI is InChI=1S/C23H22FN5O3/c1-2-30-16-29-22(21(27-28-29)17-8-10-18(24)11-9-17)20-12-13-25-23(26-20)32-15-14-31-19-6-4-3-5-7-19/h3-13H,2,14-16H2,1H3. The topological polar surface area (TPSA) is 84.2 Å². The predicted octanol–water partition coefficient (Wildman–Crippen LogP) is 3.99. The van der Waals surface area contributed by atoms with Crippen molar-refractivity contribution < 1.29 is 18.6 Å². The third kappa shape index (κ3) is 5.25. The second-order valence-electron chi connectivity index (χ2n) is 6.65. The zero-order valence-corrected chi connectivity index (χ0v) is 17.5. The van der Waals surface area contributed by atoms with Gasteiger partial charge in [-0.25, -0.2) is 14.1 Å². The van der Waals surface area contributed by atoms with Gasteiger partial charge in [-0.1, -0.05) is 23.4 Å². The molecule has 0 aliphatic rings. The highest BCUT2D eigenvalue weighted by Gasteiger charge is 2.19. The number of rotatable bonds is 10. The van der Waals surface area contributed by atoms with Crippen molar-refractivity contribution in [2.75, 3.05) is 19.8 Å². The molecular weight excluding hydrogens is 413 g/mol. The van der Waals surface area contributed by atoms with Crippen molar-refractivity contribution in [1.82, 2.24) is 25.0 Å². The Hall–Kier alpha value is -3.85. The molecule has 2 aromatic carbocycles. The maximum Gasteiger partial charge on any atom is 0.317 e. The molecule has 0 radical (unpaired) electrons. The number of aromatic nitrogens is 5. The number of benzene rings is 2. The van der Waals surface area contributed by atoms with Crippen LogP contribution in [0.25, 0.3) is 22.6 Å². The Balaban J connectivity index is 1.54. The van der Waals surface area contributed by atoms with Gasteiger partial charge in [-0.15, -0.1) is 5.10 Å². The molecular formula is C23H22FN5O3. The summed E-state index contributed by atoms with van der Waals surface area (Å²) >= 11 is 0. The van der Waals surface area contributed by atoms with E-state index in [4.69, 9.17) is 14.2 Å². The molecule has 0 atom stereocenters. The molecule has 9 heteroatoms. The highest BCUT2D eigenvalue weighted by Crippen LogP contribution is 2.30. The van der Waals surface area contributed by atoms with Crippen LogP contribution in [0.3, 0.4) is 0 Å². The molecule has 0 N–H and O–H groups in total. The van der Waals surface area contributed by atoms with Gasteiger partial charge < -0.3 is 14.2 Å². The van der Waals surface area contributed by atoms with Crippen molar-refractivity contribution in [3.05, 3.63) is 72.7 Å². The Bertz CT molecular complexity index is 1140. The summed E-state index contributed by atoms with van der Waals surface area (Å²) in [5.41, 5.74) is 2.45. The lowest BCUT2D eigenvalue weighted by Gasteiger charge is -2.10. The molecule has 4 aromatic rings. The van der Waals surface area contributed by atoms with Gasteiger partial charge in [0, 0.05) is 18.4 Å². The highest BCUT2D eigenvalue weighted by atomic mass is 19.1. The fourth-order valence-electron chi connectivity index (χ4n) is 2.99. The zero-order chi connectivity index (χ0) is 22.2. The first kappa shape index (κ1) is 21.4. The molecule has 164 valence electrons. The summed E-state index contributed by atoms with van der Waals surface area (Å²) in [5.74, 6) is 0.438. The Morgan fingerprint density at radius 1 is 0.938 bits per heavy atom. The lowest BCUT2D eigenvalue weighted by molar-refractivity contribution is 0.0789. The largest absolute Gasteiger partial charge is 0.490 e. The molecule has 2 heterocycles. The number of nitrogens with zero attached hydrogens (tertiary/aromatic N) is 5. The Morgan fingerprint density at radius 3 is 2.50 bits per heavy atom. The van der Waals surface area contributed by atoms with Crippen LogP contribution < -0.4 is 9.47 Å². The maximum absolute atomic E-state index is 13.4.